The summed E-state index contributed by atoms with van der Waals surface area (Å²) in [6.45, 7) is 0. The van der Waals surface area contributed by atoms with Crippen molar-refractivity contribution in [3.8, 4) is 0 Å². The Morgan fingerprint density at radius 3 is 2.76 bits per heavy atom. The van der Waals surface area contributed by atoms with Crippen LogP contribution in [-0.4, -0.2) is 10.8 Å². The minimum Gasteiger partial charge on any atom is -0.238 e. The van der Waals surface area contributed by atoms with E-state index in [0.29, 0.717) is 11.7 Å². The number of hydrogen-bond donors (Lipinski definition) is 1. The first-order valence-corrected chi connectivity index (χ1v) is 7.76. The summed E-state index contributed by atoms with van der Waals surface area (Å²) >= 11 is 1.84. The van der Waals surface area contributed by atoms with E-state index in [9.17, 15) is 0 Å². The van der Waals surface area contributed by atoms with Gasteiger partial charge in [-0.3, -0.25) is 0 Å². The average Bonchev–Trinajstić information content (AvgIpc) is 2.35. The van der Waals surface area contributed by atoms with E-state index in [1.165, 1.54) is 37.7 Å². The molecule has 1 aromatic rings. The van der Waals surface area contributed by atoms with E-state index in [2.05, 4.69) is 23.2 Å². The molecule has 0 radical (unpaired) electrons. The molecule has 1 saturated carbocycles. The summed E-state index contributed by atoms with van der Waals surface area (Å²) in [6, 6.07) is 0.546. The molecule has 0 unspecified atom stereocenters. The molecular weight excluding hydrogens is 230 g/mol. The lowest BCUT2D eigenvalue weighted by molar-refractivity contribution is -0.695. The Kier molecular flexibility index (Phi) is 4.26. The molecule has 1 N–H and O–H groups in total. The summed E-state index contributed by atoms with van der Waals surface area (Å²) in [5.41, 5.74) is 1.95. The predicted octanol–water partition coefficient (Wildman–Crippen LogP) is 2.16. The maximum atomic E-state index is 8.18. The molecule has 0 spiro atoms. The quantitative estimate of drug-likeness (QED) is 0.822. The van der Waals surface area contributed by atoms with Crippen molar-refractivity contribution in [2.75, 3.05) is 6.26 Å². The number of thioether (sulfide) groups is 1. The van der Waals surface area contributed by atoms with E-state index >= 15 is 0 Å². The highest BCUT2D eigenvalue weighted by molar-refractivity contribution is 7.97. The van der Waals surface area contributed by atoms with Crippen molar-refractivity contribution in [2.45, 2.75) is 43.9 Å². The molecule has 1 aromatic heterocycles. The smallest absolute Gasteiger partial charge is 0.238 e. The number of aromatic nitrogens is 2. The van der Waals surface area contributed by atoms with E-state index in [-0.39, 0.29) is 0 Å². The first-order valence-electron chi connectivity index (χ1n) is 6.36. The number of nitrogens with zero attached hydrogens (tertiary/aromatic N) is 2. The van der Waals surface area contributed by atoms with Gasteiger partial charge in [-0.2, -0.15) is 11.8 Å². The van der Waals surface area contributed by atoms with E-state index in [1.54, 1.807) is 0 Å². The molecule has 0 aliphatic heterocycles. The largest absolute Gasteiger partial charge is 0.390 e. The number of aryl methyl sites for hydroxylation is 1. The standard InChI is InChI=1S/C13H22N3S/c1-15-8-11(10-17-2)9-16(13(15)14)12-6-4-3-5-7-12/h8-9,12,14H,3-7,10H2,1-2H3/q+1. The van der Waals surface area contributed by atoms with Crippen LogP contribution in [0.4, 0.5) is 0 Å². The third kappa shape index (κ3) is 2.92. The van der Waals surface area contributed by atoms with Gasteiger partial charge in [-0.25, -0.2) is 9.13 Å². The summed E-state index contributed by atoms with van der Waals surface area (Å²) in [5.74, 6) is 1.03. The lowest BCUT2D eigenvalue weighted by atomic mass is 9.95. The summed E-state index contributed by atoms with van der Waals surface area (Å²) in [7, 11) is 1.98. The van der Waals surface area contributed by atoms with E-state index in [0.717, 1.165) is 5.75 Å². The van der Waals surface area contributed by atoms with Gasteiger partial charge in [-0.1, -0.05) is 6.42 Å². The van der Waals surface area contributed by atoms with Crippen LogP contribution < -0.4 is 10.2 Å². The number of nitrogens with one attached hydrogen (secondary N) is 1. The molecule has 94 valence electrons. The SMILES string of the molecule is CSCc1cn(C2CCCCC2)c(=N)[n+](C)c1. The van der Waals surface area contributed by atoms with Crippen LogP contribution in [0.25, 0.3) is 0 Å². The molecule has 1 heterocycles. The van der Waals surface area contributed by atoms with Gasteiger partial charge >= 0.3 is 5.62 Å². The Morgan fingerprint density at radius 2 is 2.12 bits per heavy atom. The summed E-state index contributed by atoms with van der Waals surface area (Å²) in [4.78, 5) is 0. The van der Waals surface area contributed by atoms with Crippen LogP contribution >= 0.6 is 11.8 Å². The fourth-order valence-electron chi connectivity index (χ4n) is 2.64. The third-order valence-electron chi connectivity index (χ3n) is 3.52. The molecule has 0 bridgehead atoms. The average molecular weight is 252 g/mol. The highest BCUT2D eigenvalue weighted by atomic mass is 32.2. The molecule has 1 aliphatic rings. The van der Waals surface area contributed by atoms with Crippen molar-refractivity contribution in [1.82, 2.24) is 4.57 Å². The van der Waals surface area contributed by atoms with Gasteiger partial charge in [0, 0.05) is 11.3 Å². The second-order valence-corrected chi connectivity index (χ2v) is 5.77. The van der Waals surface area contributed by atoms with Gasteiger partial charge < -0.3 is 0 Å². The molecule has 2 rings (SSSR count). The predicted molar refractivity (Wildman–Crippen MR) is 70.8 cm³/mol. The number of rotatable bonds is 3. The second-order valence-electron chi connectivity index (χ2n) is 4.90. The van der Waals surface area contributed by atoms with E-state index in [4.69, 9.17) is 5.41 Å². The van der Waals surface area contributed by atoms with Crippen LogP contribution in [0, 0.1) is 5.41 Å². The summed E-state index contributed by atoms with van der Waals surface area (Å²) < 4.78 is 4.13. The fourth-order valence-corrected chi connectivity index (χ4v) is 3.13. The van der Waals surface area contributed by atoms with Gasteiger partial charge in [0.05, 0.1) is 25.5 Å². The lowest BCUT2D eigenvalue weighted by Gasteiger charge is -2.21. The lowest BCUT2D eigenvalue weighted by Crippen LogP contribution is -2.52. The monoisotopic (exact) mass is 252 g/mol. The fraction of sp³-hybridized carbons (Fsp3) is 0.692. The molecule has 1 fully saturated rings. The normalized spacial score (nSPS) is 17.3. The van der Waals surface area contributed by atoms with Crippen LogP contribution in [0.2, 0.25) is 0 Å². The van der Waals surface area contributed by atoms with Crippen molar-refractivity contribution in [3.63, 3.8) is 0 Å². The first kappa shape index (κ1) is 12.7. The summed E-state index contributed by atoms with van der Waals surface area (Å²) in [6.07, 6.45) is 12.9. The molecule has 0 aromatic carbocycles. The minimum atomic E-state index is 0.546. The van der Waals surface area contributed by atoms with Crippen LogP contribution in [0.3, 0.4) is 0 Å². The molecule has 0 atom stereocenters. The maximum Gasteiger partial charge on any atom is 0.390 e. The Labute approximate surface area is 107 Å². The van der Waals surface area contributed by atoms with Crippen LogP contribution in [0.15, 0.2) is 12.4 Å². The topological polar surface area (TPSA) is 32.7 Å². The van der Waals surface area contributed by atoms with Crippen molar-refractivity contribution in [2.24, 2.45) is 7.05 Å². The second kappa shape index (κ2) is 5.71. The molecule has 0 saturated heterocycles. The summed E-state index contributed by atoms with van der Waals surface area (Å²) in [5, 5.41) is 8.18. The van der Waals surface area contributed by atoms with Gasteiger partial charge in [0.15, 0.2) is 0 Å². The Balaban J connectivity index is 2.33. The zero-order chi connectivity index (χ0) is 12.3. The molecule has 1 aliphatic carbocycles. The van der Waals surface area contributed by atoms with E-state index in [1.807, 2.05) is 23.4 Å². The van der Waals surface area contributed by atoms with Gasteiger partial charge in [0.2, 0.25) is 0 Å². The van der Waals surface area contributed by atoms with Gasteiger partial charge in [0.25, 0.3) is 0 Å². The zero-order valence-corrected chi connectivity index (χ0v) is 11.6. The van der Waals surface area contributed by atoms with E-state index < -0.39 is 0 Å². The van der Waals surface area contributed by atoms with Crippen molar-refractivity contribution in [1.29, 1.82) is 5.41 Å². The van der Waals surface area contributed by atoms with Gasteiger partial charge in [-0.15, -0.1) is 5.41 Å². The van der Waals surface area contributed by atoms with Crippen LogP contribution in [0.5, 0.6) is 0 Å². The molecule has 3 nitrogen and oxygen atoms in total. The molecule has 0 amide bonds. The Morgan fingerprint density at radius 1 is 1.41 bits per heavy atom. The highest BCUT2D eigenvalue weighted by Crippen LogP contribution is 2.26. The molecule has 17 heavy (non-hydrogen) atoms. The molecule has 4 heteroatoms. The van der Waals surface area contributed by atoms with Crippen LogP contribution in [0.1, 0.15) is 43.7 Å². The Bertz CT molecular complexity index is 433. The van der Waals surface area contributed by atoms with Gasteiger partial charge in [-0.05, 0) is 31.9 Å². The van der Waals surface area contributed by atoms with Gasteiger partial charge in [0.1, 0.15) is 0 Å². The van der Waals surface area contributed by atoms with Crippen molar-refractivity contribution < 1.29 is 4.57 Å². The number of hydrogen-bond acceptors (Lipinski definition) is 2. The molecular formula is C13H22N3S+. The van der Waals surface area contributed by atoms with Crippen molar-refractivity contribution in [3.05, 3.63) is 23.6 Å². The maximum absolute atomic E-state index is 8.18. The van der Waals surface area contributed by atoms with Crippen LogP contribution in [-0.2, 0) is 12.8 Å². The Hall–Kier alpha value is -0.770. The van der Waals surface area contributed by atoms with Crippen molar-refractivity contribution >= 4 is 11.8 Å². The first-order chi connectivity index (χ1) is 8.22. The zero-order valence-electron chi connectivity index (χ0n) is 10.8. The third-order valence-corrected chi connectivity index (χ3v) is 4.14. The minimum absolute atomic E-state index is 0.546. The highest BCUT2D eigenvalue weighted by Gasteiger charge is 2.20.